The van der Waals surface area contributed by atoms with E-state index in [1.165, 1.54) is 12.4 Å². The fourth-order valence-electron chi connectivity index (χ4n) is 0.418. The quantitative estimate of drug-likeness (QED) is 0.437. The molecule has 4 heteroatoms. The van der Waals surface area contributed by atoms with Crippen molar-refractivity contribution in [2.45, 2.75) is 0 Å². The number of rotatable bonds is 0. The summed E-state index contributed by atoms with van der Waals surface area (Å²) in [6.07, 6.45) is 3.77. The van der Waals surface area contributed by atoms with E-state index in [4.69, 9.17) is 5.73 Å². The van der Waals surface area contributed by atoms with Crippen LogP contribution >= 0.6 is 0 Å². The molecule has 44 valence electrons. The maximum atomic E-state index is 12.0. The molecular formula is C4H6FN3. The molecule has 0 saturated carbocycles. The molecule has 0 fully saturated rings. The van der Waals surface area contributed by atoms with Gasteiger partial charge in [-0.05, 0) is 0 Å². The lowest BCUT2D eigenvalue weighted by Gasteiger charge is -2.09. The summed E-state index contributed by atoms with van der Waals surface area (Å²) in [6, 6.07) is 0. The van der Waals surface area contributed by atoms with Crippen LogP contribution in [-0.2, 0) is 0 Å². The fourth-order valence-corrected chi connectivity index (χ4v) is 0.418. The number of hydrogen-bond donors (Lipinski definition) is 2. The molecule has 3 N–H and O–H groups in total. The summed E-state index contributed by atoms with van der Waals surface area (Å²) in [5.74, 6) is 0.301. The van der Waals surface area contributed by atoms with E-state index in [9.17, 15) is 4.48 Å². The van der Waals surface area contributed by atoms with Crippen molar-refractivity contribution in [1.29, 1.82) is 0 Å². The van der Waals surface area contributed by atoms with Crippen LogP contribution in [0.4, 0.5) is 4.48 Å². The SMILES string of the molecule is NC1=CN(F)C=CN1. The standard InChI is InChI=1S/C4H6FN3/c5-8-2-1-7-4(6)3-8/h1-3,7H,6H2. The van der Waals surface area contributed by atoms with E-state index >= 15 is 0 Å². The summed E-state index contributed by atoms with van der Waals surface area (Å²) < 4.78 is 12.0. The van der Waals surface area contributed by atoms with E-state index in [0.29, 0.717) is 10.9 Å². The average molecular weight is 115 g/mol. The number of nitrogens with one attached hydrogen (secondary N) is 1. The molecule has 0 aliphatic carbocycles. The van der Waals surface area contributed by atoms with Gasteiger partial charge in [-0.3, -0.25) is 0 Å². The van der Waals surface area contributed by atoms with Crippen molar-refractivity contribution < 1.29 is 4.48 Å². The van der Waals surface area contributed by atoms with Crippen molar-refractivity contribution in [2.24, 2.45) is 5.73 Å². The molecule has 8 heavy (non-hydrogen) atoms. The van der Waals surface area contributed by atoms with E-state index in [1.54, 1.807) is 0 Å². The molecule has 0 spiro atoms. The van der Waals surface area contributed by atoms with Gasteiger partial charge in [0.2, 0.25) is 0 Å². The summed E-state index contributed by atoms with van der Waals surface area (Å²) in [5.41, 5.74) is 5.14. The first-order valence-corrected chi connectivity index (χ1v) is 2.13. The summed E-state index contributed by atoms with van der Waals surface area (Å²) in [5, 5.41) is 2.97. The molecule has 0 saturated heterocycles. The molecule has 0 atom stereocenters. The van der Waals surface area contributed by atoms with Crippen LogP contribution in [0.25, 0.3) is 0 Å². The molecule has 0 amide bonds. The molecule has 0 aromatic heterocycles. The Balaban J connectivity index is 2.60. The third-order valence-electron chi connectivity index (χ3n) is 0.729. The molecule has 1 aliphatic heterocycles. The molecule has 3 nitrogen and oxygen atoms in total. The maximum Gasteiger partial charge on any atom is 0.120 e. The number of hydrogen-bond acceptors (Lipinski definition) is 3. The predicted octanol–water partition coefficient (Wildman–Crippen LogP) is 0.00490. The van der Waals surface area contributed by atoms with Gasteiger partial charge in [-0.2, -0.15) is 5.12 Å². The van der Waals surface area contributed by atoms with Crippen LogP contribution in [0.5, 0.6) is 0 Å². The minimum absolute atomic E-state index is 0.301. The average Bonchev–Trinajstić information content (AvgIpc) is 1.64. The zero-order valence-electron chi connectivity index (χ0n) is 4.13. The van der Waals surface area contributed by atoms with Crippen LogP contribution in [0.1, 0.15) is 0 Å². The second-order valence-corrected chi connectivity index (χ2v) is 1.39. The van der Waals surface area contributed by atoms with E-state index in [1.807, 2.05) is 0 Å². The van der Waals surface area contributed by atoms with E-state index < -0.39 is 0 Å². The van der Waals surface area contributed by atoms with Gasteiger partial charge in [0.15, 0.2) is 0 Å². The lowest BCUT2D eigenvalue weighted by Crippen LogP contribution is -2.20. The minimum Gasteiger partial charge on any atom is -0.384 e. The van der Waals surface area contributed by atoms with E-state index in [-0.39, 0.29) is 0 Å². The lowest BCUT2D eigenvalue weighted by atomic mass is 10.6. The van der Waals surface area contributed by atoms with Crippen LogP contribution in [0.15, 0.2) is 24.4 Å². The summed E-state index contributed by atoms with van der Waals surface area (Å²) >= 11 is 0. The van der Waals surface area contributed by atoms with Crippen LogP contribution in [0.3, 0.4) is 0 Å². The first-order valence-electron chi connectivity index (χ1n) is 2.13. The van der Waals surface area contributed by atoms with Gasteiger partial charge < -0.3 is 11.1 Å². The molecule has 1 aliphatic rings. The van der Waals surface area contributed by atoms with Gasteiger partial charge in [0.25, 0.3) is 0 Å². The van der Waals surface area contributed by atoms with E-state index in [0.717, 1.165) is 6.20 Å². The van der Waals surface area contributed by atoms with Gasteiger partial charge in [-0.15, -0.1) is 0 Å². The molecular weight excluding hydrogens is 109 g/mol. The highest BCUT2D eigenvalue weighted by Gasteiger charge is 1.95. The smallest absolute Gasteiger partial charge is 0.120 e. The lowest BCUT2D eigenvalue weighted by molar-refractivity contribution is 0.153. The molecule has 0 radical (unpaired) electrons. The van der Waals surface area contributed by atoms with Gasteiger partial charge in [0.1, 0.15) is 5.82 Å². The Morgan fingerprint density at radius 1 is 1.75 bits per heavy atom. The number of nitrogens with zero attached hydrogens (tertiary/aromatic N) is 1. The Morgan fingerprint density at radius 3 is 2.88 bits per heavy atom. The van der Waals surface area contributed by atoms with Crippen molar-refractivity contribution >= 4 is 0 Å². The Hall–Kier alpha value is -1.19. The molecule has 0 aromatic carbocycles. The summed E-state index contributed by atoms with van der Waals surface area (Å²) in [6.45, 7) is 0. The van der Waals surface area contributed by atoms with Crippen molar-refractivity contribution in [1.82, 2.24) is 10.4 Å². The van der Waals surface area contributed by atoms with E-state index in [2.05, 4.69) is 5.32 Å². The summed E-state index contributed by atoms with van der Waals surface area (Å²) in [7, 11) is 0. The summed E-state index contributed by atoms with van der Waals surface area (Å²) in [4.78, 5) is 0. The second-order valence-electron chi connectivity index (χ2n) is 1.39. The highest BCUT2D eigenvalue weighted by Crippen LogP contribution is 1.96. The minimum atomic E-state index is 0.301. The van der Waals surface area contributed by atoms with Gasteiger partial charge >= 0.3 is 0 Å². The Morgan fingerprint density at radius 2 is 2.50 bits per heavy atom. The Kier molecular flexibility index (Phi) is 1.07. The molecule has 0 unspecified atom stereocenters. The normalized spacial score (nSPS) is 17.6. The zero-order valence-corrected chi connectivity index (χ0v) is 4.13. The monoisotopic (exact) mass is 115 g/mol. The van der Waals surface area contributed by atoms with Crippen molar-refractivity contribution in [3.05, 3.63) is 24.4 Å². The number of halogens is 1. The van der Waals surface area contributed by atoms with Crippen molar-refractivity contribution in [3.63, 3.8) is 0 Å². The number of nitrogens with two attached hydrogens (primary N) is 1. The highest BCUT2D eigenvalue weighted by atomic mass is 19.2. The third kappa shape index (κ3) is 0.900. The molecule has 1 rings (SSSR count). The zero-order chi connectivity index (χ0) is 5.98. The fraction of sp³-hybridized carbons (Fsp3) is 0. The van der Waals surface area contributed by atoms with Gasteiger partial charge in [-0.25, -0.2) is 0 Å². The maximum absolute atomic E-state index is 12.0. The first kappa shape index (κ1) is 4.96. The van der Waals surface area contributed by atoms with Crippen molar-refractivity contribution in [3.8, 4) is 0 Å². The van der Waals surface area contributed by atoms with Crippen LogP contribution in [-0.4, -0.2) is 5.12 Å². The topological polar surface area (TPSA) is 41.3 Å². The molecule has 1 heterocycles. The molecule has 0 aromatic rings. The molecule has 0 bridgehead atoms. The Labute approximate surface area is 46.2 Å². The second kappa shape index (κ2) is 1.73. The van der Waals surface area contributed by atoms with Crippen molar-refractivity contribution in [2.75, 3.05) is 0 Å². The Bertz CT molecular complexity index is 140. The van der Waals surface area contributed by atoms with Gasteiger partial charge in [-0.1, -0.05) is 4.48 Å². The van der Waals surface area contributed by atoms with Crippen LogP contribution < -0.4 is 11.1 Å². The van der Waals surface area contributed by atoms with Gasteiger partial charge in [0, 0.05) is 6.20 Å². The van der Waals surface area contributed by atoms with Gasteiger partial charge in [0.05, 0.1) is 12.4 Å². The largest absolute Gasteiger partial charge is 0.384 e. The third-order valence-corrected chi connectivity index (χ3v) is 0.729. The van der Waals surface area contributed by atoms with Crippen LogP contribution in [0.2, 0.25) is 0 Å². The first-order chi connectivity index (χ1) is 3.79. The highest BCUT2D eigenvalue weighted by molar-refractivity contribution is 5.03. The van der Waals surface area contributed by atoms with Crippen LogP contribution in [0, 0.1) is 0 Å². The predicted molar refractivity (Wildman–Crippen MR) is 27.5 cm³/mol.